The third-order valence-electron chi connectivity index (χ3n) is 4.94. The molecule has 6 heteroatoms. The molecular formula is C24H16FN3O2. The number of pyridine rings is 1. The lowest BCUT2D eigenvalue weighted by Gasteiger charge is -2.11. The molecule has 0 aliphatic carbocycles. The first-order chi connectivity index (χ1) is 14.6. The van der Waals surface area contributed by atoms with Gasteiger partial charge in [-0.05, 0) is 42.8 Å². The van der Waals surface area contributed by atoms with E-state index in [4.69, 9.17) is 4.52 Å². The molecule has 2 heterocycles. The number of aromatic nitrogens is 3. The first kappa shape index (κ1) is 18.0. The molecule has 5 rings (SSSR count). The van der Waals surface area contributed by atoms with Crippen molar-refractivity contribution in [1.82, 2.24) is 14.7 Å². The molecular weight excluding hydrogens is 381 g/mol. The van der Waals surface area contributed by atoms with E-state index in [1.165, 1.54) is 12.1 Å². The molecule has 5 nitrogen and oxygen atoms in total. The molecule has 2 aromatic heterocycles. The van der Waals surface area contributed by atoms with E-state index < -0.39 is 0 Å². The van der Waals surface area contributed by atoms with Crippen LogP contribution in [0.5, 0.6) is 0 Å². The summed E-state index contributed by atoms with van der Waals surface area (Å²) in [5.41, 5.74) is 2.80. The van der Waals surface area contributed by atoms with Gasteiger partial charge in [-0.3, -0.25) is 9.36 Å². The van der Waals surface area contributed by atoms with Gasteiger partial charge in [0.15, 0.2) is 0 Å². The molecule has 3 aromatic carbocycles. The molecule has 0 saturated carbocycles. The van der Waals surface area contributed by atoms with E-state index in [0.29, 0.717) is 21.9 Å². The van der Waals surface area contributed by atoms with Gasteiger partial charge in [0.1, 0.15) is 5.82 Å². The Labute approximate surface area is 171 Å². The molecule has 0 aliphatic heterocycles. The van der Waals surface area contributed by atoms with Crippen LogP contribution in [0.15, 0.2) is 88.3 Å². The number of hydrogen-bond donors (Lipinski definition) is 0. The monoisotopic (exact) mass is 397 g/mol. The lowest BCUT2D eigenvalue weighted by Crippen LogP contribution is -2.18. The van der Waals surface area contributed by atoms with Crippen LogP contribution in [0.2, 0.25) is 0 Å². The minimum atomic E-state index is -0.378. The highest BCUT2D eigenvalue weighted by Gasteiger charge is 2.17. The summed E-state index contributed by atoms with van der Waals surface area (Å²) >= 11 is 0. The van der Waals surface area contributed by atoms with Crippen molar-refractivity contribution in [1.29, 1.82) is 0 Å². The van der Waals surface area contributed by atoms with E-state index in [1.807, 2.05) is 49.4 Å². The molecule has 0 fully saturated rings. The number of rotatable bonds is 3. The average molecular weight is 397 g/mol. The van der Waals surface area contributed by atoms with Gasteiger partial charge in [0, 0.05) is 28.2 Å². The Kier molecular flexibility index (Phi) is 4.25. The third-order valence-corrected chi connectivity index (χ3v) is 4.94. The second-order valence-electron chi connectivity index (χ2n) is 7.04. The second kappa shape index (κ2) is 7.08. The van der Waals surface area contributed by atoms with Crippen molar-refractivity contribution < 1.29 is 8.91 Å². The van der Waals surface area contributed by atoms with E-state index in [1.54, 1.807) is 29.0 Å². The largest absolute Gasteiger partial charge is 0.334 e. The fourth-order valence-corrected chi connectivity index (χ4v) is 3.51. The molecule has 0 aliphatic rings. The maximum absolute atomic E-state index is 13.6. The Morgan fingerprint density at radius 3 is 2.53 bits per heavy atom. The summed E-state index contributed by atoms with van der Waals surface area (Å²) in [6, 6.07) is 21.0. The highest BCUT2D eigenvalue weighted by molar-refractivity contribution is 5.94. The minimum absolute atomic E-state index is 0.134. The van der Waals surface area contributed by atoms with Crippen molar-refractivity contribution in [3.8, 4) is 28.5 Å². The summed E-state index contributed by atoms with van der Waals surface area (Å²) in [7, 11) is 0. The smallest absolute Gasteiger partial charge is 0.262 e. The molecule has 0 bridgehead atoms. The summed E-state index contributed by atoms with van der Waals surface area (Å²) in [5.74, 6) is 0.158. The molecule has 0 N–H and O–H groups in total. The first-order valence-corrected chi connectivity index (χ1v) is 9.41. The quantitative estimate of drug-likeness (QED) is 0.422. The Morgan fingerprint density at radius 1 is 0.933 bits per heavy atom. The number of halogens is 1. The van der Waals surface area contributed by atoms with Crippen molar-refractivity contribution in [3.05, 3.63) is 101 Å². The standard InChI is InChI=1S/C24H16FN3O2/c1-15-6-4-9-18(12-15)28-14-21(19-10-2-3-11-20(19)24(28)29)23-26-22(27-30-23)16-7-5-8-17(25)13-16/h2-14H,1H3. The molecule has 0 atom stereocenters. The first-order valence-electron chi connectivity index (χ1n) is 9.41. The van der Waals surface area contributed by atoms with Crippen LogP contribution < -0.4 is 5.56 Å². The predicted molar refractivity (Wildman–Crippen MR) is 113 cm³/mol. The number of nitrogens with zero attached hydrogens (tertiary/aromatic N) is 3. The number of aryl methyl sites for hydroxylation is 1. The van der Waals surface area contributed by atoms with Crippen LogP contribution in [-0.2, 0) is 0 Å². The van der Waals surface area contributed by atoms with Gasteiger partial charge in [0.2, 0.25) is 5.82 Å². The number of benzene rings is 3. The van der Waals surface area contributed by atoms with Crippen molar-refractivity contribution in [3.63, 3.8) is 0 Å². The van der Waals surface area contributed by atoms with Gasteiger partial charge in [-0.1, -0.05) is 47.6 Å². The van der Waals surface area contributed by atoms with Crippen LogP contribution >= 0.6 is 0 Å². The van der Waals surface area contributed by atoms with Crippen molar-refractivity contribution in [2.24, 2.45) is 0 Å². The Balaban J connectivity index is 1.74. The summed E-state index contributed by atoms with van der Waals surface area (Å²) in [6.07, 6.45) is 1.71. The van der Waals surface area contributed by atoms with Gasteiger partial charge in [-0.25, -0.2) is 4.39 Å². The molecule has 0 radical (unpaired) electrons. The highest BCUT2D eigenvalue weighted by atomic mass is 19.1. The van der Waals surface area contributed by atoms with Crippen LogP contribution in [0.1, 0.15) is 5.56 Å². The number of fused-ring (bicyclic) bond motifs is 1. The van der Waals surface area contributed by atoms with Gasteiger partial charge >= 0.3 is 0 Å². The van der Waals surface area contributed by atoms with E-state index in [9.17, 15) is 9.18 Å². The van der Waals surface area contributed by atoms with Crippen LogP contribution in [-0.4, -0.2) is 14.7 Å². The highest BCUT2D eigenvalue weighted by Crippen LogP contribution is 2.28. The van der Waals surface area contributed by atoms with E-state index in [-0.39, 0.29) is 23.1 Å². The zero-order valence-electron chi connectivity index (χ0n) is 16.0. The van der Waals surface area contributed by atoms with Crippen molar-refractivity contribution >= 4 is 10.8 Å². The van der Waals surface area contributed by atoms with Gasteiger partial charge in [0.25, 0.3) is 11.4 Å². The topological polar surface area (TPSA) is 60.9 Å². The van der Waals surface area contributed by atoms with E-state index in [0.717, 1.165) is 11.3 Å². The normalized spacial score (nSPS) is 11.1. The minimum Gasteiger partial charge on any atom is -0.334 e. The lowest BCUT2D eigenvalue weighted by atomic mass is 10.1. The fourth-order valence-electron chi connectivity index (χ4n) is 3.51. The molecule has 0 saturated heterocycles. The molecule has 0 amide bonds. The van der Waals surface area contributed by atoms with Crippen molar-refractivity contribution in [2.45, 2.75) is 6.92 Å². The zero-order chi connectivity index (χ0) is 20.7. The van der Waals surface area contributed by atoms with Gasteiger partial charge in [-0.15, -0.1) is 0 Å². The maximum Gasteiger partial charge on any atom is 0.262 e. The third kappa shape index (κ3) is 3.08. The Bertz CT molecular complexity index is 1450. The van der Waals surface area contributed by atoms with Gasteiger partial charge < -0.3 is 4.52 Å². The summed E-state index contributed by atoms with van der Waals surface area (Å²) < 4.78 is 20.7. The maximum atomic E-state index is 13.6. The van der Waals surface area contributed by atoms with Gasteiger partial charge in [-0.2, -0.15) is 4.98 Å². The molecule has 0 unspecified atom stereocenters. The lowest BCUT2D eigenvalue weighted by molar-refractivity contribution is 0.432. The van der Waals surface area contributed by atoms with Crippen LogP contribution in [0.4, 0.5) is 4.39 Å². The predicted octanol–water partition coefficient (Wildman–Crippen LogP) is 5.16. The summed E-state index contributed by atoms with van der Waals surface area (Å²) in [6.45, 7) is 1.97. The van der Waals surface area contributed by atoms with Crippen LogP contribution in [0.3, 0.4) is 0 Å². The SMILES string of the molecule is Cc1cccc(-n2cc(-c3nc(-c4cccc(F)c4)no3)c3ccccc3c2=O)c1. The molecule has 5 aromatic rings. The average Bonchev–Trinajstić information content (AvgIpc) is 3.24. The van der Waals surface area contributed by atoms with Crippen LogP contribution in [0, 0.1) is 12.7 Å². The molecule has 30 heavy (non-hydrogen) atoms. The van der Waals surface area contributed by atoms with E-state index in [2.05, 4.69) is 10.1 Å². The van der Waals surface area contributed by atoms with Crippen LogP contribution in [0.25, 0.3) is 39.3 Å². The molecule has 146 valence electrons. The van der Waals surface area contributed by atoms with E-state index >= 15 is 0 Å². The Morgan fingerprint density at radius 2 is 1.73 bits per heavy atom. The Hall–Kier alpha value is -4.06. The molecule has 0 spiro atoms. The fraction of sp³-hybridized carbons (Fsp3) is 0.0417. The zero-order valence-corrected chi connectivity index (χ0v) is 16.0. The van der Waals surface area contributed by atoms with Crippen molar-refractivity contribution in [2.75, 3.05) is 0 Å². The second-order valence-corrected chi connectivity index (χ2v) is 7.04. The number of hydrogen-bond acceptors (Lipinski definition) is 4. The summed E-state index contributed by atoms with van der Waals surface area (Å²) in [4.78, 5) is 17.6. The van der Waals surface area contributed by atoms with Gasteiger partial charge in [0.05, 0.1) is 5.56 Å². The summed E-state index contributed by atoms with van der Waals surface area (Å²) in [5, 5.41) is 5.26.